The molecular formula is C23H25ClFN3O5S2. The van der Waals surface area contributed by atoms with Gasteiger partial charge in [-0.3, -0.25) is 0 Å². The summed E-state index contributed by atoms with van der Waals surface area (Å²) >= 11 is 7.50. The molecule has 1 aromatic heterocycles. The highest BCUT2D eigenvalue weighted by atomic mass is 35.5. The summed E-state index contributed by atoms with van der Waals surface area (Å²) in [6.45, 7) is 1.51. The third-order valence-corrected chi connectivity index (χ3v) is 9.00. The van der Waals surface area contributed by atoms with Crippen LogP contribution in [0.4, 0.5) is 9.52 Å². The Morgan fingerprint density at radius 1 is 1.03 bits per heavy atom. The van der Waals surface area contributed by atoms with Crippen molar-refractivity contribution in [3.05, 3.63) is 57.8 Å². The predicted molar refractivity (Wildman–Crippen MR) is 133 cm³/mol. The van der Waals surface area contributed by atoms with Crippen LogP contribution >= 0.6 is 22.9 Å². The van der Waals surface area contributed by atoms with Crippen LogP contribution in [0.3, 0.4) is 0 Å². The van der Waals surface area contributed by atoms with Crippen LogP contribution in [0.1, 0.15) is 11.3 Å². The maximum atomic E-state index is 13.3. The largest absolute Gasteiger partial charge is 0.493 e. The number of ether oxygens (including phenoxy) is 3. The topological polar surface area (TPSA) is 81.2 Å². The van der Waals surface area contributed by atoms with E-state index in [4.69, 9.17) is 30.8 Å². The summed E-state index contributed by atoms with van der Waals surface area (Å²) in [6.07, 6.45) is 0.574. The molecule has 1 fully saturated rings. The lowest BCUT2D eigenvalue weighted by molar-refractivity contribution is 0.324. The molecule has 2 heterocycles. The van der Waals surface area contributed by atoms with Gasteiger partial charge < -0.3 is 19.1 Å². The molecular weight excluding hydrogens is 517 g/mol. The minimum absolute atomic E-state index is 0.0871. The fourth-order valence-electron chi connectivity index (χ4n) is 3.91. The molecule has 0 atom stereocenters. The summed E-state index contributed by atoms with van der Waals surface area (Å²) in [5.41, 5.74) is 1.84. The van der Waals surface area contributed by atoms with Gasteiger partial charge in [0.05, 0.1) is 32.0 Å². The molecule has 2 aromatic carbocycles. The lowest BCUT2D eigenvalue weighted by Crippen LogP contribution is -2.48. The fraction of sp³-hybridized carbons (Fsp3) is 0.348. The van der Waals surface area contributed by atoms with E-state index in [2.05, 4.69) is 4.90 Å². The van der Waals surface area contributed by atoms with E-state index in [1.807, 2.05) is 17.5 Å². The number of thiazole rings is 1. The third-order valence-electron chi connectivity index (χ3n) is 5.67. The van der Waals surface area contributed by atoms with Crippen molar-refractivity contribution in [1.29, 1.82) is 0 Å². The van der Waals surface area contributed by atoms with E-state index < -0.39 is 15.8 Å². The molecule has 0 aliphatic carbocycles. The van der Waals surface area contributed by atoms with Crippen LogP contribution in [0.2, 0.25) is 5.02 Å². The Labute approximate surface area is 212 Å². The van der Waals surface area contributed by atoms with E-state index in [0.29, 0.717) is 36.8 Å². The van der Waals surface area contributed by atoms with Gasteiger partial charge in [0, 0.05) is 38.0 Å². The average Bonchev–Trinajstić information content (AvgIpc) is 3.31. The summed E-state index contributed by atoms with van der Waals surface area (Å²) in [5, 5.41) is 2.69. The zero-order valence-electron chi connectivity index (χ0n) is 19.5. The van der Waals surface area contributed by atoms with Crippen LogP contribution in [-0.4, -0.2) is 65.2 Å². The maximum Gasteiger partial charge on any atom is 0.244 e. The monoisotopic (exact) mass is 541 g/mol. The highest BCUT2D eigenvalue weighted by molar-refractivity contribution is 7.89. The number of aromatic nitrogens is 1. The highest BCUT2D eigenvalue weighted by Crippen LogP contribution is 2.39. The molecule has 0 unspecified atom stereocenters. The number of nitrogens with zero attached hydrogens (tertiary/aromatic N) is 3. The molecule has 188 valence electrons. The van der Waals surface area contributed by atoms with Gasteiger partial charge in [0.25, 0.3) is 0 Å². The number of halogens is 2. The van der Waals surface area contributed by atoms with Crippen LogP contribution in [-0.2, 0) is 16.4 Å². The Kier molecular flexibility index (Phi) is 7.70. The van der Waals surface area contributed by atoms with Crippen molar-refractivity contribution in [3.63, 3.8) is 0 Å². The Balaban J connectivity index is 1.44. The molecule has 12 heteroatoms. The molecule has 8 nitrogen and oxygen atoms in total. The quantitative estimate of drug-likeness (QED) is 0.425. The molecule has 0 saturated carbocycles. The average molecular weight is 542 g/mol. The second-order valence-corrected chi connectivity index (χ2v) is 10.9. The van der Waals surface area contributed by atoms with Crippen LogP contribution in [0.25, 0.3) is 0 Å². The number of benzene rings is 2. The van der Waals surface area contributed by atoms with Gasteiger partial charge in [0.2, 0.25) is 15.8 Å². The van der Waals surface area contributed by atoms with Gasteiger partial charge in [-0.05, 0) is 35.9 Å². The first-order valence-electron chi connectivity index (χ1n) is 10.7. The molecule has 4 rings (SSSR count). The van der Waals surface area contributed by atoms with Gasteiger partial charge in [0.1, 0.15) is 10.7 Å². The van der Waals surface area contributed by atoms with E-state index in [0.717, 1.165) is 28.5 Å². The molecule has 1 aliphatic rings. The predicted octanol–water partition coefficient (Wildman–Crippen LogP) is 4.06. The number of anilines is 1. The summed E-state index contributed by atoms with van der Waals surface area (Å²) < 4.78 is 56.9. The number of rotatable bonds is 8. The number of hydrogen-bond donors (Lipinski definition) is 0. The van der Waals surface area contributed by atoms with E-state index in [1.54, 1.807) is 21.3 Å². The summed E-state index contributed by atoms with van der Waals surface area (Å²) in [5.74, 6) is 1.11. The standard InChI is InChI=1S/C23H25ClFN3O5S2/c1-31-19-11-15(12-20(32-2)22(19)33-3)10-17-14-34-23(26-17)27-6-8-28(9-7-27)35(29,30)21-5-4-16(25)13-18(21)24/h4-5,11-14H,6-10H2,1-3H3. The second-order valence-electron chi connectivity index (χ2n) is 7.80. The first-order valence-corrected chi connectivity index (χ1v) is 13.4. The van der Waals surface area contributed by atoms with Crippen molar-refractivity contribution in [1.82, 2.24) is 9.29 Å². The second kappa shape index (κ2) is 10.6. The van der Waals surface area contributed by atoms with Gasteiger partial charge in [-0.15, -0.1) is 11.3 Å². The lowest BCUT2D eigenvalue weighted by atomic mass is 10.1. The van der Waals surface area contributed by atoms with E-state index in [9.17, 15) is 12.8 Å². The lowest BCUT2D eigenvalue weighted by Gasteiger charge is -2.33. The van der Waals surface area contributed by atoms with Crippen LogP contribution in [0.15, 0.2) is 40.6 Å². The summed E-state index contributed by atoms with van der Waals surface area (Å²) in [7, 11) is 0.900. The van der Waals surface area contributed by atoms with Gasteiger partial charge in [-0.1, -0.05) is 11.6 Å². The Morgan fingerprint density at radius 2 is 1.69 bits per heavy atom. The minimum Gasteiger partial charge on any atom is -0.493 e. The van der Waals surface area contributed by atoms with Crippen molar-refractivity contribution in [3.8, 4) is 17.2 Å². The van der Waals surface area contributed by atoms with Gasteiger partial charge in [-0.25, -0.2) is 17.8 Å². The van der Waals surface area contributed by atoms with Crippen LogP contribution < -0.4 is 19.1 Å². The van der Waals surface area contributed by atoms with Crippen molar-refractivity contribution < 1.29 is 27.0 Å². The van der Waals surface area contributed by atoms with Crippen molar-refractivity contribution in [2.45, 2.75) is 11.3 Å². The SMILES string of the molecule is COc1cc(Cc2csc(N3CCN(S(=O)(=O)c4ccc(F)cc4Cl)CC3)n2)cc(OC)c1OC. The Bertz CT molecular complexity index is 1290. The smallest absolute Gasteiger partial charge is 0.244 e. The van der Waals surface area contributed by atoms with Gasteiger partial charge in [0.15, 0.2) is 16.6 Å². The summed E-state index contributed by atoms with van der Waals surface area (Å²) in [6, 6.07) is 7.10. The van der Waals surface area contributed by atoms with E-state index in [-0.39, 0.29) is 23.0 Å². The minimum atomic E-state index is -3.81. The maximum absolute atomic E-state index is 13.3. The zero-order chi connectivity index (χ0) is 25.2. The molecule has 0 amide bonds. The van der Waals surface area contributed by atoms with Crippen LogP contribution in [0.5, 0.6) is 17.2 Å². The zero-order valence-corrected chi connectivity index (χ0v) is 21.8. The highest BCUT2D eigenvalue weighted by Gasteiger charge is 2.31. The normalized spacial score (nSPS) is 14.7. The Morgan fingerprint density at radius 3 is 2.26 bits per heavy atom. The molecule has 1 saturated heterocycles. The molecule has 35 heavy (non-hydrogen) atoms. The Hall–Kier alpha value is -2.60. The van der Waals surface area contributed by atoms with Gasteiger partial charge in [-0.2, -0.15) is 4.31 Å². The van der Waals surface area contributed by atoms with Crippen molar-refractivity contribution in [2.75, 3.05) is 52.4 Å². The van der Waals surface area contributed by atoms with Crippen LogP contribution in [0, 0.1) is 5.82 Å². The number of sulfonamides is 1. The van der Waals surface area contributed by atoms with Crippen molar-refractivity contribution >= 4 is 38.1 Å². The van der Waals surface area contributed by atoms with Crippen molar-refractivity contribution in [2.24, 2.45) is 0 Å². The number of piperazine rings is 1. The fourth-order valence-corrected chi connectivity index (χ4v) is 6.72. The first-order chi connectivity index (χ1) is 16.8. The molecule has 0 spiro atoms. The molecule has 1 aliphatic heterocycles. The third kappa shape index (κ3) is 5.32. The molecule has 0 N–H and O–H groups in total. The first kappa shape index (κ1) is 25.5. The molecule has 3 aromatic rings. The molecule has 0 bridgehead atoms. The van der Waals surface area contributed by atoms with E-state index >= 15 is 0 Å². The van der Waals surface area contributed by atoms with E-state index in [1.165, 1.54) is 21.7 Å². The van der Waals surface area contributed by atoms with Gasteiger partial charge >= 0.3 is 0 Å². The number of methoxy groups -OCH3 is 3. The summed E-state index contributed by atoms with van der Waals surface area (Å²) in [4.78, 5) is 6.72. The molecule has 0 radical (unpaired) electrons. The number of hydrogen-bond acceptors (Lipinski definition) is 8.